The maximum Gasteiger partial charge on any atom is 0.312 e. The van der Waals surface area contributed by atoms with Gasteiger partial charge in [0.05, 0.1) is 11.6 Å². The Morgan fingerprint density at radius 1 is 1.53 bits per heavy atom. The molecule has 0 amide bonds. The van der Waals surface area contributed by atoms with Gasteiger partial charge in [-0.3, -0.25) is 4.79 Å². The van der Waals surface area contributed by atoms with Crippen molar-refractivity contribution in [2.45, 2.75) is 19.4 Å². The fourth-order valence-corrected chi connectivity index (χ4v) is 3.33. The van der Waals surface area contributed by atoms with Crippen molar-refractivity contribution in [3.8, 4) is 0 Å². The first-order valence-corrected chi connectivity index (χ1v) is 6.95. The van der Waals surface area contributed by atoms with Crippen molar-refractivity contribution in [2.75, 3.05) is 11.4 Å². The van der Waals surface area contributed by atoms with Crippen molar-refractivity contribution in [1.82, 2.24) is 4.98 Å². The summed E-state index contributed by atoms with van der Waals surface area (Å²) in [7, 11) is 0. The fourth-order valence-electron chi connectivity index (χ4n) is 2.51. The number of para-hydroxylation sites is 1. The van der Waals surface area contributed by atoms with Crippen molar-refractivity contribution in [1.29, 1.82) is 0 Å². The molecule has 2 aromatic rings. The zero-order valence-electron chi connectivity index (χ0n) is 10.5. The Morgan fingerprint density at radius 3 is 3.00 bits per heavy atom. The summed E-state index contributed by atoms with van der Waals surface area (Å²) in [6, 6.07) is 7.75. The van der Waals surface area contributed by atoms with Gasteiger partial charge in [0, 0.05) is 23.3 Å². The predicted octanol–water partition coefficient (Wildman–Crippen LogP) is 2.64. The zero-order valence-corrected chi connectivity index (χ0v) is 11.4. The number of aryl methyl sites for hydroxylation is 1. The number of anilines is 1. The third-order valence-electron chi connectivity index (χ3n) is 3.37. The van der Waals surface area contributed by atoms with E-state index < -0.39 is 11.9 Å². The molecule has 3 rings (SSSR count). The molecule has 0 saturated heterocycles. The van der Waals surface area contributed by atoms with Crippen molar-refractivity contribution in [2.24, 2.45) is 0 Å². The highest BCUT2D eigenvalue weighted by molar-refractivity contribution is 7.11. The second kappa shape index (κ2) is 4.66. The van der Waals surface area contributed by atoms with Crippen LogP contribution in [-0.2, 0) is 11.3 Å². The molecule has 0 aliphatic carbocycles. The number of hydrogen-bond acceptors (Lipinski definition) is 4. The van der Waals surface area contributed by atoms with Crippen LogP contribution in [0, 0.1) is 6.92 Å². The lowest BCUT2D eigenvalue weighted by atomic mass is 10.0. The second-order valence-electron chi connectivity index (χ2n) is 4.68. The van der Waals surface area contributed by atoms with Gasteiger partial charge in [0.15, 0.2) is 0 Å². The highest BCUT2D eigenvalue weighted by atomic mass is 32.1. The summed E-state index contributed by atoms with van der Waals surface area (Å²) in [5, 5.41) is 10.4. The molecule has 1 aromatic carbocycles. The monoisotopic (exact) mass is 274 g/mol. The minimum Gasteiger partial charge on any atom is -0.481 e. The standard InChI is InChI=1S/C14H14N2O2S/c1-9-15-6-10(19-9)7-16-8-12(14(17)18)11-4-2-3-5-13(11)16/h2-6,12H,7-8H2,1H3,(H,17,18). The number of carboxylic acids is 1. The maximum absolute atomic E-state index is 11.3. The SMILES string of the molecule is Cc1ncc(CN2CC(C(=O)O)c3ccccc32)s1. The van der Waals surface area contributed by atoms with Crippen LogP contribution in [-0.4, -0.2) is 22.6 Å². The maximum atomic E-state index is 11.3. The van der Waals surface area contributed by atoms with E-state index in [1.54, 1.807) is 11.3 Å². The molecular formula is C14H14N2O2S. The van der Waals surface area contributed by atoms with Gasteiger partial charge in [0.2, 0.25) is 0 Å². The number of thiazole rings is 1. The third kappa shape index (κ3) is 2.21. The first kappa shape index (κ1) is 12.2. The molecule has 1 N–H and O–H groups in total. The lowest BCUT2D eigenvalue weighted by molar-refractivity contribution is -0.138. The molecule has 1 aliphatic heterocycles. The van der Waals surface area contributed by atoms with Gasteiger partial charge in [-0.1, -0.05) is 18.2 Å². The number of hydrogen-bond donors (Lipinski definition) is 1. The van der Waals surface area contributed by atoms with Gasteiger partial charge in [-0.2, -0.15) is 0 Å². The number of rotatable bonds is 3. The summed E-state index contributed by atoms with van der Waals surface area (Å²) in [6.07, 6.45) is 1.87. The summed E-state index contributed by atoms with van der Waals surface area (Å²) >= 11 is 1.66. The number of carboxylic acid groups (broad SMARTS) is 1. The first-order valence-electron chi connectivity index (χ1n) is 6.13. The Balaban J connectivity index is 1.90. The average Bonchev–Trinajstić information content (AvgIpc) is 2.95. The van der Waals surface area contributed by atoms with Crippen LogP contribution in [0.25, 0.3) is 0 Å². The average molecular weight is 274 g/mol. The third-order valence-corrected chi connectivity index (χ3v) is 4.27. The Hall–Kier alpha value is -1.88. The van der Waals surface area contributed by atoms with E-state index >= 15 is 0 Å². The fraction of sp³-hybridized carbons (Fsp3) is 0.286. The van der Waals surface area contributed by atoms with Crippen LogP contribution in [0.4, 0.5) is 5.69 Å². The lowest BCUT2D eigenvalue weighted by Crippen LogP contribution is -2.23. The lowest BCUT2D eigenvalue weighted by Gasteiger charge is -2.18. The van der Waals surface area contributed by atoms with Gasteiger partial charge in [0.1, 0.15) is 5.92 Å². The van der Waals surface area contributed by atoms with Gasteiger partial charge in [-0.25, -0.2) is 4.98 Å². The molecule has 5 heteroatoms. The van der Waals surface area contributed by atoms with E-state index in [-0.39, 0.29) is 0 Å². The number of nitrogens with zero attached hydrogens (tertiary/aromatic N) is 2. The van der Waals surface area contributed by atoms with Crippen molar-refractivity contribution < 1.29 is 9.90 Å². The van der Waals surface area contributed by atoms with Crippen LogP contribution in [0.1, 0.15) is 21.4 Å². The molecule has 19 heavy (non-hydrogen) atoms. The summed E-state index contributed by atoms with van der Waals surface area (Å²) in [5.74, 6) is -1.18. The first-order chi connectivity index (χ1) is 9.15. The highest BCUT2D eigenvalue weighted by Crippen LogP contribution is 2.37. The number of carbonyl (C=O) groups is 1. The van der Waals surface area contributed by atoms with E-state index in [4.69, 9.17) is 0 Å². The molecule has 0 spiro atoms. The molecule has 0 fully saturated rings. The van der Waals surface area contributed by atoms with E-state index in [2.05, 4.69) is 9.88 Å². The molecule has 1 unspecified atom stereocenters. The number of fused-ring (bicyclic) bond motifs is 1. The number of aliphatic carboxylic acids is 1. The van der Waals surface area contributed by atoms with E-state index in [1.807, 2.05) is 37.4 Å². The van der Waals surface area contributed by atoms with Crippen molar-refractivity contribution >= 4 is 23.0 Å². The summed E-state index contributed by atoms with van der Waals surface area (Å²) in [5.41, 5.74) is 1.94. The van der Waals surface area contributed by atoms with Gasteiger partial charge in [-0.15, -0.1) is 11.3 Å². The molecule has 1 aromatic heterocycles. The zero-order chi connectivity index (χ0) is 13.4. The highest BCUT2D eigenvalue weighted by Gasteiger charge is 2.33. The van der Waals surface area contributed by atoms with E-state index in [0.29, 0.717) is 6.54 Å². The normalized spacial score (nSPS) is 17.5. The molecule has 0 radical (unpaired) electrons. The minimum absolute atomic E-state index is 0.426. The Bertz CT molecular complexity index is 623. The second-order valence-corrected chi connectivity index (χ2v) is 6.00. The predicted molar refractivity (Wildman–Crippen MR) is 74.7 cm³/mol. The Morgan fingerprint density at radius 2 is 2.32 bits per heavy atom. The topological polar surface area (TPSA) is 53.4 Å². The molecule has 4 nitrogen and oxygen atoms in total. The van der Waals surface area contributed by atoms with Gasteiger partial charge in [0.25, 0.3) is 0 Å². The van der Waals surface area contributed by atoms with Gasteiger partial charge >= 0.3 is 5.97 Å². The molecule has 1 atom stereocenters. The summed E-state index contributed by atoms with van der Waals surface area (Å²) < 4.78 is 0. The summed E-state index contributed by atoms with van der Waals surface area (Å²) in [6.45, 7) is 3.24. The smallest absolute Gasteiger partial charge is 0.312 e. The molecule has 0 saturated carbocycles. The van der Waals surface area contributed by atoms with Crippen molar-refractivity contribution in [3.63, 3.8) is 0 Å². The largest absolute Gasteiger partial charge is 0.481 e. The summed E-state index contributed by atoms with van der Waals surface area (Å²) in [4.78, 5) is 18.9. The molecule has 2 heterocycles. The molecule has 1 aliphatic rings. The Labute approximate surface area is 115 Å². The van der Waals surface area contributed by atoms with E-state index in [9.17, 15) is 9.90 Å². The molecule has 98 valence electrons. The van der Waals surface area contributed by atoms with Crippen molar-refractivity contribution in [3.05, 3.63) is 45.9 Å². The van der Waals surface area contributed by atoms with Crippen LogP contribution in [0.5, 0.6) is 0 Å². The van der Waals surface area contributed by atoms with Crippen LogP contribution in [0.15, 0.2) is 30.5 Å². The van der Waals surface area contributed by atoms with E-state index in [0.717, 1.165) is 22.8 Å². The number of aromatic nitrogens is 1. The van der Waals surface area contributed by atoms with Crippen LogP contribution in [0.3, 0.4) is 0 Å². The van der Waals surface area contributed by atoms with Gasteiger partial charge < -0.3 is 10.0 Å². The van der Waals surface area contributed by atoms with E-state index in [1.165, 1.54) is 4.88 Å². The van der Waals surface area contributed by atoms with Crippen LogP contribution in [0.2, 0.25) is 0 Å². The molecule has 0 bridgehead atoms. The number of benzene rings is 1. The van der Waals surface area contributed by atoms with Gasteiger partial charge in [-0.05, 0) is 18.6 Å². The minimum atomic E-state index is -0.754. The molecular weight excluding hydrogens is 260 g/mol. The van der Waals surface area contributed by atoms with Crippen LogP contribution >= 0.6 is 11.3 Å². The quantitative estimate of drug-likeness (QED) is 0.935. The Kier molecular flexibility index (Phi) is 2.98. The van der Waals surface area contributed by atoms with Crippen LogP contribution < -0.4 is 4.90 Å².